The number of aryl methyl sites for hydroxylation is 1. The summed E-state index contributed by atoms with van der Waals surface area (Å²) in [5.74, 6) is 0.363. The zero-order valence-electron chi connectivity index (χ0n) is 22.4. The van der Waals surface area contributed by atoms with E-state index in [1.807, 2.05) is 41.4 Å². The number of H-pyrrole nitrogens is 1. The smallest absolute Gasteiger partial charge is 0.242 e. The lowest BCUT2D eigenvalue weighted by atomic mass is 10.1. The highest BCUT2D eigenvalue weighted by molar-refractivity contribution is 5.88. The van der Waals surface area contributed by atoms with Crippen molar-refractivity contribution in [2.75, 3.05) is 19.6 Å². The van der Waals surface area contributed by atoms with E-state index in [0.717, 1.165) is 30.3 Å². The molecule has 1 aromatic heterocycles. The molecule has 1 aliphatic rings. The van der Waals surface area contributed by atoms with Crippen LogP contribution in [-0.4, -0.2) is 46.2 Å². The number of rotatable bonds is 11. The van der Waals surface area contributed by atoms with E-state index in [1.165, 1.54) is 22.1 Å². The summed E-state index contributed by atoms with van der Waals surface area (Å²) in [5.41, 5.74) is 5.82. The molecule has 3 aromatic carbocycles. The molecule has 5 heteroatoms. The van der Waals surface area contributed by atoms with Crippen molar-refractivity contribution < 1.29 is 9.59 Å². The van der Waals surface area contributed by atoms with Crippen LogP contribution in [0.15, 0.2) is 85.1 Å². The Balaban J connectivity index is 1.30. The van der Waals surface area contributed by atoms with Gasteiger partial charge in [0.15, 0.2) is 0 Å². The molecule has 38 heavy (non-hydrogen) atoms. The van der Waals surface area contributed by atoms with E-state index in [-0.39, 0.29) is 30.2 Å². The van der Waals surface area contributed by atoms with Crippen molar-refractivity contribution in [3.8, 4) is 0 Å². The average molecular weight is 508 g/mol. The van der Waals surface area contributed by atoms with Gasteiger partial charge in [-0.3, -0.25) is 9.59 Å². The molecule has 0 aliphatic heterocycles. The molecule has 1 heterocycles. The molecule has 1 fully saturated rings. The number of nitrogens with zero attached hydrogens (tertiary/aromatic N) is 2. The molecule has 2 unspecified atom stereocenters. The lowest BCUT2D eigenvalue weighted by Gasteiger charge is -2.28. The van der Waals surface area contributed by atoms with Crippen LogP contribution in [0.25, 0.3) is 10.9 Å². The molecular formula is C33H37N3O2. The predicted octanol–water partition coefficient (Wildman–Crippen LogP) is 6.09. The first-order valence-electron chi connectivity index (χ1n) is 13.8. The maximum absolute atomic E-state index is 13.7. The molecule has 1 saturated carbocycles. The Labute approximate surface area is 225 Å². The Bertz CT molecular complexity index is 1380. The standard InChI is InChI=1S/C33H37N3O2/c1-3-18-36(33(38)30-20-29(30)26-9-5-4-6-10-26)23-32(37)35(22-25-15-13-24(2)14-16-25)19-17-27-21-34-31-12-8-7-11-28(27)31/h4-16,21,29-30,34H,3,17-20,22-23H2,1-2H3. The first-order chi connectivity index (χ1) is 18.5. The number of nitrogens with one attached hydrogen (secondary N) is 1. The van der Waals surface area contributed by atoms with Gasteiger partial charge in [-0.05, 0) is 54.9 Å². The third-order valence-corrected chi connectivity index (χ3v) is 7.64. The molecule has 0 bridgehead atoms. The summed E-state index contributed by atoms with van der Waals surface area (Å²) in [7, 11) is 0. The maximum atomic E-state index is 13.7. The summed E-state index contributed by atoms with van der Waals surface area (Å²) in [5, 5.41) is 1.19. The number of aromatic nitrogens is 1. The number of aromatic amines is 1. The van der Waals surface area contributed by atoms with Crippen molar-refractivity contribution in [1.82, 2.24) is 14.8 Å². The first-order valence-corrected chi connectivity index (χ1v) is 13.8. The van der Waals surface area contributed by atoms with Crippen LogP contribution in [0, 0.1) is 12.8 Å². The number of benzene rings is 3. The van der Waals surface area contributed by atoms with E-state index < -0.39 is 0 Å². The Kier molecular flexibility index (Phi) is 7.92. The van der Waals surface area contributed by atoms with Gasteiger partial charge in [0.05, 0.1) is 6.54 Å². The third-order valence-electron chi connectivity index (χ3n) is 7.64. The SMILES string of the molecule is CCCN(CC(=O)N(CCc1c[nH]c2ccccc12)Cc1ccc(C)cc1)C(=O)C1CC1c1ccccc1. The van der Waals surface area contributed by atoms with E-state index in [0.29, 0.717) is 19.6 Å². The Hall–Kier alpha value is -3.86. The molecule has 0 saturated heterocycles. The number of carbonyl (C=O) groups excluding carboxylic acids is 2. The van der Waals surface area contributed by atoms with E-state index >= 15 is 0 Å². The van der Waals surface area contributed by atoms with Crippen LogP contribution in [0.1, 0.15) is 47.9 Å². The Morgan fingerprint density at radius 3 is 2.39 bits per heavy atom. The van der Waals surface area contributed by atoms with Crippen molar-refractivity contribution >= 4 is 22.7 Å². The van der Waals surface area contributed by atoms with Gasteiger partial charge in [-0.15, -0.1) is 0 Å². The Morgan fingerprint density at radius 2 is 1.63 bits per heavy atom. The lowest BCUT2D eigenvalue weighted by molar-refractivity contribution is -0.141. The van der Waals surface area contributed by atoms with E-state index in [2.05, 4.69) is 67.4 Å². The molecule has 196 valence electrons. The van der Waals surface area contributed by atoms with Crippen LogP contribution in [-0.2, 0) is 22.6 Å². The molecular weight excluding hydrogens is 470 g/mol. The minimum Gasteiger partial charge on any atom is -0.361 e. The fraction of sp³-hybridized carbons (Fsp3) is 0.333. The second-order valence-corrected chi connectivity index (χ2v) is 10.5. The van der Waals surface area contributed by atoms with Crippen molar-refractivity contribution in [3.63, 3.8) is 0 Å². The highest BCUT2D eigenvalue weighted by Gasteiger charge is 2.45. The van der Waals surface area contributed by atoms with Gasteiger partial charge in [-0.25, -0.2) is 0 Å². The molecule has 2 atom stereocenters. The van der Waals surface area contributed by atoms with Gasteiger partial charge in [0.1, 0.15) is 0 Å². The fourth-order valence-corrected chi connectivity index (χ4v) is 5.37. The van der Waals surface area contributed by atoms with Crippen LogP contribution in [0.2, 0.25) is 0 Å². The van der Waals surface area contributed by atoms with Gasteiger partial charge in [0.2, 0.25) is 11.8 Å². The average Bonchev–Trinajstić information content (AvgIpc) is 3.65. The van der Waals surface area contributed by atoms with Gasteiger partial charge in [-0.2, -0.15) is 0 Å². The largest absolute Gasteiger partial charge is 0.361 e. The topological polar surface area (TPSA) is 56.4 Å². The quantitative estimate of drug-likeness (QED) is 0.267. The van der Waals surface area contributed by atoms with Crippen LogP contribution in [0.4, 0.5) is 0 Å². The maximum Gasteiger partial charge on any atom is 0.242 e. The molecule has 1 aliphatic carbocycles. The minimum absolute atomic E-state index is 0.00382. The van der Waals surface area contributed by atoms with Crippen molar-refractivity contribution in [3.05, 3.63) is 107 Å². The minimum atomic E-state index is -0.0199. The highest BCUT2D eigenvalue weighted by atomic mass is 16.2. The summed E-state index contributed by atoms with van der Waals surface area (Å²) >= 11 is 0. The zero-order chi connectivity index (χ0) is 26.5. The van der Waals surface area contributed by atoms with Gasteiger partial charge >= 0.3 is 0 Å². The summed E-state index contributed by atoms with van der Waals surface area (Å²) in [4.78, 5) is 34.3. The van der Waals surface area contributed by atoms with Crippen LogP contribution < -0.4 is 0 Å². The normalized spacial score (nSPS) is 16.4. The molecule has 0 radical (unpaired) electrons. The van der Waals surface area contributed by atoms with Crippen LogP contribution >= 0.6 is 0 Å². The highest BCUT2D eigenvalue weighted by Crippen LogP contribution is 2.48. The van der Waals surface area contributed by atoms with Gasteiger partial charge in [0, 0.05) is 42.7 Å². The predicted molar refractivity (Wildman–Crippen MR) is 153 cm³/mol. The molecule has 5 nitrogen and oxygen atoms in total. The lowest BCUT2D eigenvalue weighted by Crippen LogP contribution is -2.44. The number of hydrogen-bond donors (Lipinski definition) is 1. The van der Waals surface area contributed by atoms with Crippen LogP contribution in [0.5, 0.6) is 0 Å². The van der Waals surface area contributed by atoms with E-state index in [9.17, 15) is 9.59 Å². The van der Waals surface area contributed by atoms with Gasteiger partial charge in [-0.1, -0.05) is 85.3 Å². The number of fused-ring (bicyclic) bond motifs is 1. The summed E-state index contributed by atoms with van der Waals surface area (Å²) in [6.45, 7) is 5.99. The Morgan fingerprint density at radius 1 is 0.895 bits per heavy atom. The van der Waals surface area contributed by atoms with Gasteiger partial charge < -0.3 is 14.8 Å². The van der Waals surface area contributed by atoms with E-state index in [1.54, 1.807) is 4.90 Å². The molecule has 1 N–H and O–H groups in total. The molecule has 0 spiro atoms. The third kappa shape index (κ3) is 5.99. The summed E-state index contributed by atoms with van der Waals surface area (Å²) < 4.78 is 0. The van der Waals surface area contributed by atoms with Gasteiger partial charge in [0.25, 0.3) is 0 Å². The molecule has 2 amide bonds. The second kappa shape index (κ2) is 11.7. The molecule has 5 rings (SSSR count). The summed E-state index contributed by atoms with van der Waals surface area (Å²) in [6.07, 6.45) is 4.49. The first kappa shape index (κ1) is 25.8. The van der Waals surface area contributed by atoms with Crippen LogP contribution in [0.3, 0.4) is 0 Å². The number of para-hydroxylation sites is 1. The van der Waals surface area contributed by atoms with Crippen molar-refractivity contribution in [2.24, 2.45) is 5.92 Å². The van der Waals surface area contributed by atoms with Crippen molar-refractivity contribution in [2.45, 2.75) is 45.6 Å². The second-order valence-electron chi connectivity index (χ2n) is 10.5. The van der Waals surface area contributed by atoms with E-state index in [4.69, 9.17) is 0 Å². The van der Waals surface area contributed by atoms with Crippen molar-refractivity contribution in [1.29, 1.82) is 0 Å². The monoisotopic (exact) mass is 507 g/mol. The number of hydrogen-bond acceptors (Lipinski definition) is 2. The number of carbonyl (C=O) groups is 2. The number of amides is 2. The summed E-state index contributed by atoms with van der Waals surface area (Å²) in [6, 6.07) is 26.9. The fourth-order valence-electron chi connectivity index (χ4n) is 5.37. The zero-order valence-corrected chi connectivity index (χ0v) is 22.4. The molecule has 4 aromatic rings.